The topological polar surface area (TPSA) is 186 Å². The molecule has 1 fully saturated rings. The number of tetrazole rings is 1. The molecule has 0 aliphatic heterocycles. The summed E-state index contributed by atoms with van der Waals surface area (Å²) >= 11 is 0.575. The summed E-state index contributed by atoms with van der Waals surface area (Å²) in [5.74, 6) is -1.43. The third-order valence-electron chi connectivity index (χ3n) is 5.43. The predicted molar refractivity (Wildman–Crippen MR) is 123 cm³/mol. The molecule has 2 amide bonds. The number of carboxylic acid groups (broad SMARTS) is 1. The Labute approximate surface area is 203 Å². The number of aromatic nitrogens is 5. The molecule has 0 spiro atoms. The Balaban J connectivity index is 1.57. The Bertz CT molecular complexity index is 1390. The number of nitrogens with zero attached hydrogens (tertiary/aromatic N) is 5. The van der Waals surface area contributed by atoms with Crippen LogP contribution in [0.3, 0.4) is 0 Å². The van der Waals surface area contributed by atoms with Crippen molar-refractivity contribution in [3.8, 4) is 0 Å². The van der Waals surface area contributed by atoms with Crippen LogP contribution in [-0.4, -0.2) is 56.5 Å². The van der Waals surface area contributed by atoms with Gasteiger partial charge in [0, 0.05) is 18.5 Å². The van der Waals surface area contributed by atoms with E-state index in [2.05, 4.69) is 31.1 Å². The predicted octanol–water partition coefficient (Wildman–Crippen LogP) is 2.14. The molecule has 0 radical (unpaired) electrons. The van der Waals surface area contributed by atoms with Gasteiger partial charge in [-0.2, -0.15) is 0 Å². The maximum atomic E-state index is 13.0. The van der Waals surface area contributed by atoms with Crippen LogP contribution in [0.5, 0.6) is 0 Å². The smallest absolute Gasteiger partial charge is 0.325 e. The largest absolute Gasteiger partial charge is 0.481 e. The van der Waals surface area contributed by atoms with E-state index >= 15 is 0 Å². The quantitative estimate of drug-likeness (QED) is 0.372. The van der Waals surface area contributed by atoms with Gasteiger partial charge < -0.3 is 10.4 Å². The number of para-hydroxylation sites is 1. The van der Waals surface area contributed by atoms with Crippen molar-refractivity contribution in [3.05, 3.63) is 35.5 Å². The Morgan fingerprint density at radius 3 is 2.54 bits per heavy atom. The number of carbonyl (C=O) groups is 3. The number of sulfone groups is 1. The van der Waals surface area contributed by atoms with Crippen LogP contribution < -0.4 is 10.6 Å². The van der Waals surface area contributed by atoms with Gasteiger partial charge >= 0.3 is 12.0 Å². The van der Waals surface area contributed by atoms with E-state index in [9.17, 15) is 27.9 Å². The number of carbonyl (C=O) groups excluding carboxylic acids is 2. The molecule has 1 aromatic carbocycles. The zero-order valence-electron chi connectivity index (χ0n) is 18.5. The normalized spacial score (nSPS) is 14.1. The van der Waals surface area contributed by atoms with Crippen LogP contribution in [0.2, 0.25) is 0 Å². The van der Waals surface area contributed by atoms with E-state index in [1.54, 1.807) is 24.3 Å². The molecule has 1 aliphatic carbocycles. The third kappa shape index (κ3) is 5.19. The van der Waals surface area contributed by atoms with Gasteiger partial charge in [-0.1, -0.05) is 41.4 Å². The lowest BCUT2D eigenvalue weighted by Gasteiger charge is -2.13. The number of rotatable bonds is 8. The van der Waals surface area contributed by atoms with E-state index in [1.807, 2.05) is 0 Å². The molecule has 184 valence electrons. The first-order valence-corrected chi connectivity index (χ1v) is 12.9. The number of aryl methyl sites for hydroxylation is 1. The second-order valence-electron chi connectivity index (χ2n) is 7.88. The van der Waals surface area contributed by atoms with Gasteiger partial charge in [0.05, 0.1) is 17.8 Å². The van der Waals surface area contributed by atoms with E-state index in [0.717, 1.165) is 30.4 Å². The Hall–Kier alpha value is -3.72. The van der Waals surface area contributed by atoms with E-state index in [1.165, 1.54) is 7.05 Å². The molecule has 0 atom stereocenters. The van der Waals surface area contributed by atoms with Gasteiger partial charge in [-0.25, -0.2) is 22.9 Å². The first-order valence-electron chi connectivity index (χ1n) is 10.6. The summed E-state index contributed by atoms with van der Waals surface area (Å²) < 4.78 is 26.5. The van der Waals surface area contributed by atoms with Crippen molar-refractivity contribution in [2.75, 3.05) is 10.6 Å². The van der Waals surface area contributed by atoms with Gasteiger partial charge in [-0.15, -0.1) is 0 Å². The third-order valence-corrected chi connectivity index (χ3v) is 8.70. The number of hydrogen-bond donors (Lipinski definition) is 3. The molecular weight excluding hydrogens is 498 g/mol. The summed E-state index contributed by atoms with van der Waals surface area (Å²) in [5.41, 5.74) is 0.429. The average molecular weight is 520 g/mol. The minimum atomic E-state index is -4.30. The van der Waals surface area contributed by atoms with Crippen molar-refractivity contribution in [3.63, 3.8) is 0 Å². The molecule has 4 rings (SSSR count). The first kappa shape index (κ1) is 24.4. The lowest BCUT2D eigenvalue weighted by molar-refractivity contribution is -0.136. The maximum Gasteiger partial charge on any atom is 0.325 e. The number of nitrogens with one attached hydrogen (secondary N) is 2. The van der Waals surface area contributed by atoms with Crippen LogP contribution in [0.25, 0.3) is 0 Å². The highest BCUT2D eigenvalue weighted by Crippen LogP contribution is 2.33. The van der Waals surface area contributed by atoms with Crippen LogP contribution in [-0.2, 0) is 28.1 Å². The molecule has 2 aromatic heterocycles. The molecule has 1 saturated carbocycles. The maximum absolute atomic E-state index is 13.0. The first-order chi connectivity index (χ1) is 16.7. The van der Waals surface area contributed by atoms with Crippen molar-refractivity contribution in [2.24, 2.45) is 13.0 Å². The molecule has 0 bridgehead atoms. The lowest BCUT2D eigenvalue weighted by Crippen LogP contribution is -2.22. The van der Waals surface area contributed by atoms with Gasteiger partial charge in [-0.05, 0) is 35.4 Å². The number of hydrogen-bond acceptors (Lipinski definition) is 10. The second kappa shape index (κ2) is 9.87. The van der Waals surface area contributed by atoms with Crippen molar-refractivity contribution in [2.45, 2.75) is 41.5 Å². The summed E-state index contributed by atoms with van der Waals surface area (Å²) in [6, 6.07) is 5.86. The fourth-order valence-corrected chi connectivity index (χ4v) is 6.59. The van der Waals surface area contributed by atoms with E-state index < -0.39 is 37.6 Å². The van der Waals surface area contributed by atoms with Crippen LogP contribution in [0.4, 0.5) is 15.6 Å². The monoisotopic (exact) mass is 519 g/mol. The molecule has 3 aromatic rings. The van der Waals surface area contributed by atoms with Crippen LogP contribution in [0, 0.1) is 5.92 Å². The van der Waals surface area contributed by atoms with Crippen molar-refractivity contribution in [1.29, 1.82) is 0 Å². The highest BCUT2D eigenvalue weighted by atomic mass is 32.2. The Kier molecular flexibility index (Phi) is 6.88. The number of anilines is 2. The zero-order chi connectivity index (χ0) is 25.2. The van der Waals surface area contributed by atoms with Crippen molar-refractivity contribution < 1.29 is 27.9 Å². The van der Waals surface area contributed by atoms with Crippen LogP contribution >= 0.6 is 11.3 Å². The fraction of sp³-hybridized carbons (Fsp3) is 0.350. The lowest BCUT2D eigenvalue weighted by atomic mass is 9.95. The number of benzene rings is 1. The van der Waals surface area contributed by atoms with Gasteiger partial charge in [0.1, 0.15) is 0 Å². The van der Waals surface area contributed by atoms with Crippen LogP contribution in [0.1, 0.15) is 41.7 Å². The second-order valence-corrected chi connectivity index (χ2v) is 10.9. The molecule has 2 heterocycles. The molecule has 35 heavy (non-hydrogen) atoms. The Morgan fingerprint density at radius 1 is 1.17 bits per heavy atom. The number of ketones is 1. The average Bonchev–Trinajstić information content (AvgIpc) is 3.55. The fourth-order valence-electron chi connectivity index (χ4n) is 3.85. The van der Waals surface area contributed by atoms with Gasteiger partial charge in [0.15, 0.2) is 15.1 Å². The molecular formula is C20H21N7O6S2. The standard InChI is InChI=1S/C20H21N7O6S2/c1-27-20(24-25-26-27)35(32,33)17-14(10-15(28)29)22-19(34-17)23-18(31)21-13-9-5-4-8-12(13)16(30)11-6-2-3-7-11/h4-5,8-9,11H,2-3,6-7,10H2,1H3,(H,28,29)(H2,21,22,23,31). The summed E-state index contributed by atoms with van der Waals surface area (Å²) in [6.45, 7) is 0. The summed E-state index contributed by atoms with van der Waals surface area (Å²) in [6.07, 6.45) is 2.90. The van der Waals surface area contributed by atoms with E-state index in [0.29, 0.717) is 22.6 Å². The number of carboxylic acids is 1. The van der Waals surface area contributed by atoms with Crippen molar-refractivity contribution in [1.82, 2.24) is 25.2 Å². The highest BCUT2D eigenvalue weighted by molar-refractivity contribution is 7.93. The summed E-state index contributed by atoms with van der Waals surface area (Å²) in [4.78, 5) is 40.8. The number of urea groups is 1. The molecule has 0 saturated heterocycles. The number of thiazole rings is 1. The SMILES string of the molecule is Cn1nnnc1S(=O)(=O)c1sc(NC(=O)Nc2ccccc2C(=O)C2CCCC2)nc1CC(=O)O. The summed E-state index contributed by atoms with van der Waals surface area (Å²) in [7, 11) is -2.98. The molecule has 0 unspecified atom stereocenters. The summed E-state index contributed by atoms with van der Waals surface area (Å²) in [5, 5.41) is 23.8. The number of amides is 2. The molecule has 15 heteroatoms. The van der Waals surface area contributed by atoms with Crippen LogP contribution in [0.15, 0.2) is 33.6 Å². The minimum Gasteiger partial charge on any atom is -0.481 e. The van der Waals surface area contributed by atoms with E-state index in [4.69, 9.17) is 0 Å². The zero-order valence-corrected chi connectivity index (χ0v) is 20.1. The molecule has 1 aliphatic rings. The molecule has 13 nitrogen and oxygen atoms in total. The number of aliphatic carboxylic acids is 1. The number of Topliss-reactive ketones (excluding diaryl/α,β-unsaturated/α-hetero) is 1. The van der Waals surface area contributed by atoms with Gasteiger partial charge in [-0.3, -0.25) is 14.9 Å². The van der Waals surface area contributed by atoms with Gasteiger partial charge in [0.25, 0.3) is 15.0 Å². The van der Waals surface area contributed by atoms with Gasteiger partial charge in [0.2, 0.25) is 0 Å². The van der Waals surface area contributed by atoms with Crippen molar-refractivity contribution >= 4 is 49.8 Å². The highest BCUT2D eigenvalue weighted by Gasteiger charge is 2.32. The molecule has 3 N–H and O–H groups in total. The van der Waals surface area contributed by atoms with E-state index in [-0.39, 0.29) is 22.5 Å². The Morgan fingerprint density at radius 2 is 1.89 bits per heavy atom. The minimum absolute atomic E-state index is 0.0398.